The highest BCUT2D eigenvalue weighted by molar-refractivity contribution is 5.96. The van der Waals surface area contributed by atoms with Gasteiger partial charge in [-0.3, -0.25) is 4.79 Å². The number of ether oxygens (including phenoxy) is 2. The number of rotatable bonds is 6. The van der Waals surface area contributed by atoms with Crippen molar-refractivity contribution in [1.82, 2.24) is 0 Å². The normalized spacial score (nSPS) is 23.5. The van der Waals surface area contributed by atoms with Crippen molar-refractivity contribution in [2.75, 3.05) is 11.9 Å². The van der Waals surface area contributed by atoms with Crippen LogP contribution in [0.15, 0.2) is 18.2 Å². The Kier molecular flexibility index (Phi) is 4.47. The fourth-order valence-electron chi connectivity index (χ4n) is 2.44. The first-order chi connectivity index (χ1) is 11.0. The van der Waals surface area contributed by atoms with Gasteiger partial charge in [-0.15, -0.1) is 0 Å². The van der Waals surface area contributed by atoms with E-state index in [4.69, 9.17) is 14.6 Å². The summed E-state index contributed by atoms with van der Waals surface area (Å²) in [6.45, 7) is 0.493. The molecule has 23 heavy (non-hydrogen) atoms. The molecule has 1 amide bonds. The van der Waals surface area contributed by atoms with Crippen LogP contribution in [0.4, 0.5) is 10.1 Å². The molecule has 1 aromatic rings. The lowest BCUT2D eigenvalue weighted by atomic mass is 10.2. The van der Waals surface area contributed by atoms with Crippen molar-refractivity contribution in [3.05, 3.63) is 24.0 Å². The highest BCUT2D eigenvalue weighted by Gasteiger charge is 2.35. The number of hydrogen-bond acceptors (Lipinski definition) is 4. The largest absolute Gasteiger partial charge is 0.491 e. The molecule has 1 aromatic carbocycles. The highest BCUT2D eigenvalue weighted by Crippen LogP contribution is 2.32. The number of carbonyl (C=O) groups excluding carboxylic acids is 1. The van der Waals surface area contributed by atoms with Crippen molar-refractivity contribution in [2.24, 2.45) is 5.92 Å². The van der Waals surface area contributed by atoms with Gasteiger partial charge in [0.05, 0.1) is 12.3 Å². The summed E-state index contributed by atoms with van der Waals surface area (Å²) in [7, 11) is 0. The van der Waals surface area contributed by atoms with Crippen LogP contribution in [0.25, 0.3) is 0 Å². The Morgan fingerprint density at radius 3 is 2.65 bits per heavy atom. The predicted octanol–water partition coefficient (Wildman–Crippen LogP) is 2.19. The van der Waals surface area contributed by atoms with E-state index >= 15 is 0 Å². The molecular formula is C16H18FNO5. The number of carboxylic acids is 1. The molecule has 2 aliphatic rings. The van der Waals surface area contributed by atoms with Crippen LogP contribution in [0.2, 0.25) is 0 Å². The molecule has 0 aromatic heterocycles. The van der Waals surface area contributed by atoms with E-state index in [1.54, 1.807) is 0 Å². The number of anilines is 1. The van der Waals surface area contributed by atoms with Gasteiger partial charge < -0.3 is 19.9 Å². The summed E-state index contributed by atoms with van der Waals surface area (Å²) >= 11 is 0. The average Bonchev–Trinajstić information content (AvgIpc) is 3.20. The number of hydrogen-bond donors (Lipinski definition) is 2. The smallest absolute Gasteiger partial charge is 0.332 e. The third-order valence-corrected chi connectivity index (χ3v) is 3.96. The lowest BCUT2D eigenvalue weighted by Gasteiger charge is -2.15. The van der Waals surface area contributed by atoms with Crippen LogP contribution < -0.4 is 10.1 Å². The van der Waals surface area contributed by atoms with Gasteiger partial charge >= 0.3 is 5.97 Å². The predicted molar refractivity (Wildman–Crippen MR) is 78.8 cm³/mol. The van der Waals surface area contributed by atoms with E-state index in [0.29, 0.717) is 31.1 Å². The summed E-state index contributed by atoms with van der Waals surface area (Å²) in [5.41, 5.74) is 0.361. The van der Waals surface area contributed by atoms with Gasteiger partial charge in [0.2, 0.25) is 0 Å². The summed E-state index contributed by atoms with van der Waals surface area (Å²) in [4.78, 5) is 23.0. The van der Waals surface area contributed by atoms with Crippen LogP contribution in [0, 0.1) is 11.7 Å². The van der Waals surface area contributed by atoms with Crippen molar-refractivity contribution in [1.29, 1.82) is 0 Å². The molecule has 2 fully saturated rings. The fraction of sp³-hybridized carbons (Fsp3) is 0.500. The molecule has 1 heterocycles. The van der Waals surface area contributed by atoms with E-state index in [0.717, 1.165) is 12.8 Å². The van der Waals surface area contributed by atoms with Gasteiger partial charge in [-0.05, 0) is 43.7 Å². The molecule has 0 bridgehead atoms. The summed E-state index contributed by atoms with van der Waals surface area (Å²) in [5.74, 6) is -1.20. The lowest BCUT2D eigenvalue weighted by Crippen LogP contribution is -2.30. The molecule has 1 saturated carbocycles. The second kappa shape index (κ2) is 6.54. The van der Waals surface area contributed by atoms with Crippen molar-refractivity contribution in [3.63, 3.8) is 0 Å². The number of halogens is 1. The Hall–Kier alpha value is -2.15. The third-order valence-electron chi connectivity index (χ3n) is 3.96. The van der Waals surface area contributed by atoms with E-state index in [1.165, 1.54) is 18.2 Å². The van der Waals surface area contributed by atoms with Crippen molar-refractivity contribution in [3.8, 4) is 5.75 Å². The van der Waals surface area contributed by atoms with Crippen LogP contribution in [-0.2, 0) is 14.3 Å². The Bertz CT molecular complexity index is 616. The summed E-state index contributed by atoms with van der Waals surface area (Å²) in [6, 6.07) is 3.89. The average molecular weight is 323 g/mol. The van der Waals surface area contributed by atoms with Crippen LogP contribution in [0.3, 0.4) is 0 Å². The molecule has 6 nitrogen and oxygen atoms in total. The van der Waals surface area contributed by atoms with Gasteiger partial charge in [0.15, 0.2) is 6.10 Å². The van der Waals surface area contributed by atoms with E-state index in [1.807, 2.05) is 0 Å². The Labute approximate surface area is 132 Å². The number of nitrogens with one attached hydrogen (secondary N) is 1. The van der Waals surface area contributed by atoms with Crippen LogP contribution in [0.1, 0.15) is 25.7 Å². The zero-order chi connectivity index (χ0) is 16.4. The van der Waals surface area contributed by atoms with Crippen LogP contribution in [0.5, 0.6) is 5.75 Å². The van der Waals surface area contributed by atoms with Crippen LogP contribution in [-0.4, -0.2) is 35.8 Å². The second-order valence-electron chi connectivity index (χ2n) is 5.91. The van der Waals surface area contributed by atoms with Gasteiger partial charge in [0, 0.05) is 6.07 Å². The first-order valence-electron chi connectivity index (χ1n) is 7.64. The minimum absolute atomic E-state index is 0.276. The standard InChI is InChI=1S/C16H18FNO5/c17-10-3-4-11(14(7-10)22-8-9-1-2-9)18-15(19)12-5-6-13(23-12)16(20)21/h3-4,7,9,12-13H,1-2,5-6,8H2,(H,18,19)(H,20,21)/t12-,13+/m0/s1. The fourth-order valence-corrected chi connectivity index (χ4v) is 2.44. The van der Waals surface area contributed by atoms with E-state index in [9.17, 15) is 14.0 Å². The molecule has 7 heteroatoms. The summed E-state index contributed by atoms with van der Waals surface area (Å²) in [6.07, 6.45) is 1.05. The van der Waals surface area contributed by atoms with Crippen molar-refractivity contribution >= 4 is 17.6 Å². The first-order valence-corrected chi connectivity index (χ1v) is 7.64. The van der Waals surface area contributed by atoms with E-state index in [-0.39, 0.29) is 5.75 Å². The minimum Gasteiger partial charge on any atom is -0.491 e. The van der Waals surface area contributed by atoms with Gasteiger partial charge in [0.1, 0.15) is 17.7 Å². The summed E-state index contributed by atoms with van der Waals surface area (Å²) < 4.78 is 24.2. The molecule has 2 atom stereocenters. The lowest BCUT2D eigenvalue weighted by molar-refractivity contribution is -0.150. The molecule has 2 N–H and O–H groups in total. The highest BCUT2D eigenvalue weighted by atomic mass is 19.1. The number of benzene rings is 1. The molecule has 1 saturated heterocycles. The van der Waals surface area contributed by atoms with Crippen molar-refractivity contribution in [2.45, 2.75) is 37.9 Å². The number of carboxylic acid groups (broad SMARTS) is 1. The monoisotopic (exact) mass is 323 g/mol. The maximum Gasteiger partial charge on any atom is 0.332 e. The number of aliphatic carboxylic acids is 1. The molecule has 0 unspecified atom stereocenters. The molecule has 3 rings (SSSR count). The zero-order valence-electron chi connectivity index (χ0n) is 12.5. The van der Waals surface area contributed by atoms with Gasteiger partial charge in [-0.1, -0.05) is 0 Å². The van der Waals surface area contributed by atoms with Gasteiger partial charge in [0.25, 0.3) is 5.91 Å². The Morgan fingerprint density at radius 1 is 1.26 bits per heavy atom. The summed E-state index contributed by atoms with van der Waals surface area (Å²) in [5, 5.41) is 11.5. The van der Waals surface area contributed by atoms with Gasteiger partial charge in [-0.25, -0.2) is 9.18 Å². The molecule has 0 radical (unpaired) electrons. The molecule has 124 valence electrons. The maximum absolute atomic E-state index is 13.4. The Balaban J connectivity index is 1.64. The first kappa shape index (κ1) is 15.7. The van der Waals surface area contributed by atoms with Crippen molar-refractivity contribution < 1.29 is 28.6 Å². The molecule has 1 aliphatic carbocycles. The maximum atomic E-state index is 13.4. The van der Waals surface area contributed by atoms with Crippen LogP contribution >= 0.6 is 0 Å². The second-order valence-corrected chi connectivity index (χ2v) is 5.91. The minimum atomic E-state index is -1.07. The molecule has 0 spiro atoms. The Morgan fingerprint density at radius 2 is 2.00 bits per heavy atom. The molecular weight excluding hydrogens is 305 g/mol. The third kappa shape index (κ3) is 3.98. The topological polar surface area (TPSA) is 84.9 Å². The van der Waals surface area contributed by atoms with E-state index < -0.39 is 29.9 Å². The number of carbonyl (C=O) groups is 2. The van der Waals surface area contributed by atoms with Gasteiger partial charge in [-0.2, -0.15) is 0 Å². The van der Waals surface area contributed by atoms with E-state index in [2.05, 4.69) is 5.32 Å². The molecule has 1 aliphatic heterocycles. The zero-order valence-corrected chi connectivity index (χ0v) is 12.5. The SMILES string of the molecule is O=C(Nc1ccc(F)cc1OCC1CC1)[C@@H]1CC[C@H](C(=O)O)O1. The number of amides is 1. The quantitative estimate of drug-likeness (QED) is 0.838.